The number of allylic oxidation sites excluding steroid dienone is 3. The van der Waals surface area contributed by atoms with Crippen molar-refractivity contribution < 1.29 is 23.9 Å². The summed E-state index contributed by atoms with van der Waals surface area (Å²) < 4.78 is 9.97. The van der Waals surface area contributed by atoms with Gasteiger partial charge in [0.15, 0.2) is 6.61 Å². The van der Waals surface area contributed by atoms with Crippen molar-refractivity contribution in [2.24, 2.45) is 0 Å². The third-order valence-corrected chi connectivity index (χ3v) is 4.74. The molecule has 0 aromatic carbocycles. The Labute approximate surface area is 150 Å². The number of rotatable bonds is 7. The molecule has 1 aliphatic carbocycles. The minimum absolute atomic E-state index is 0.271. The quantitative estimate of drug-likeness (QED) is 0.457. The fourth-order valence-electron chi connectivity index (χ4n) is 2.50. The molecule has 1 heterocycles. The SMILES string of the molecule is C/C=C/C=C/C(=O)OCC(=O)Nc1sc2c(c1C(=O)OCC)CCC2. The van der Waals surface area contributed by atoms with Gasteiger partial charge in [0.25, 0.3) is 5.91 Å². The lowest BCUT2D eigenvalue weighted by atomic mass is 10.1. The molecular formula is C18H21NO5S. The minimum Gasteiger partial charge on any atom is -0.462 e. The number of thiophene rings is 1. The first-order valence-corrected chi connectivity index (χ1v) is 8.96. The van der Waals surface area contributed by atoms with Crippen LogP contribution >= 0.6 is 11.3 Å². The summed E-state index contributed by atoms with van der Waals surface area (Å²) in [7, 11) is 0. The third-order valence-electron chi connectivity index (χ3n) is 3.54. The number of anilines is 1. The van der Waals surface area contributed by atoms with E-state index in [4.69, 9.17) is 9.47 Å². The Morgan fingerprint density at radius 3 is 2.72 bits per heavy atom. The summed E-state index contributed by atoms with van der Waals surface area (Å²) in [4.78, 5) is 36.8. The molecule has 1 N–H and O–H groups in total. The molecule has 0 aliphatic heterocycles. The minimum atomic E-state index is -0.604. The lowest BCUT2D eigenvalue weighted by Crippen LogP contribution is -2.21. The molecular weight excluding hydrogens is 342 g/mol. The van der Waals surface area contributed by atoms with E-state index in [1.165, 1.54) is 23.5 Å². The van der Waals surface area contributed by atoms with Gasteiger partial charge in [-0.25, -0.2) is 9.59 Å². The molecule has 25 heavy (non-hydrogen) atoms. The van der Waals surface area contributed by atoms with E-state index in [2.05, 4.69) is 5.32 Å². The van der Waals surface area contributed by atoms with Crippen molar-refractivity contribution >= 4 is 34.2 Å². The van der Waals surface area contributed by atoms with E-state index in [1.807, 2.05) is 6.92 Å². The number of amides is 1. The van der Waals surface area contributed by atoms with Gasteiger partial charge >= 0.3 is 11.9 Å². The fourth-order valence-corrected chi connectivity index (χ4v) is 3.80. The second-order valence-corrected chi connectivity index (χ2v) is 6.43. The highest BCUT2D eigenvalue weighted by molar-refractivity contribution is 7.17. The van der Waals surface area contributed by atoms with Crippen LogP contribution in [0.2, 0.25) is 0 Å². The molecule has 0 unspecified atom stereocenters. The van der Waals surface area contributed by atoms with Crippen LogP contribution in [0.5, 0.6) is 0 Å². The Morgan fingerprint density at radius 2 is 2.00 bits per heavy atom. The van der Waals surface area contributed by atoms with Gasteiger partial charge in [-0.15, -0.1) is 11.3 Å². The number of fused-ring (bicyclic) bond motifs is 1. The van der Waals surface area contributed by atoms with Crippen LogP contribution < -0.4 is 5.32 Å². The largest absolute Gasteiger partial charge is 0.462 e. The molecule has 134 valence electrons. The summed E-state index contributed by atoms with van der Waals surface area (Å²) in [5, 5.41) is 3.13. The van der Waals surface area contributed by atoms with Crippen molar-refractivity contribution in [3.05, 3.63) is 40.3 Å². The highest BCUT2D eigenvalue weighted by Gasteiger charge is 2.28. The van der Waals surface area contributed by atoms with Crippen LogP contribution in [0.15, 0.2) is 24.3 Å². The molecule has 1 amide bonds. The number of hydrogen-bond acceptors (Lipinski definition) is 6. The Morgan fingerprint density at radius 1 is 1.20 bits per heavy atom. The molecule has 0 saturated heterocycles. The van der Waals surface area contributed by atoms with Gasteiger partial charge in [0, 0.05) is 11.0 Å². The molecule has 0 atom stereocenters. The van der Waals surface area contributed by atoms with Crippen LogP contribution in [0.25, 0.3) is 0 Å². The van der Waals surface area contributed by atoms with Crippen LogP contribution in [0.3, 0.4) is 0 Å². The molecule has 0 spiro atoms. The average Bonchev–Trinajstić information content (AvgIpc) is 3.13. The number of carbonyl (C=O) groups is 3. The first-order chi connectivity index (χ1) is 12.1. The van der Waals surface area contributed by atoms with E-state index in [9.17, 15) is 14.4 Å². The average molecular weight is 363 g/mol. The van der Waals surface area contributed by atoms with E-state index < -0.39 is 24.5 Å². The van der Waals surface area contributed by atoms with Gasteiger partial charge in [-0.2, -0.15) is 0 Å². The first-order valence-electron chi connectivity index (χ1n) is 8.14. The van der Waals surface area contributed by atoms with Crippen molar-refractivity contribution in [3.8, 4) is 0 Å². The summed E-state index contributed by atoms with van der Waals surface area (Å²) in [6.45, 7) is 3.42. The number of ether oxygens (including phenoxy) is 2. The highest BCUT2D eigenvalue weighted by Crippen LogP contribution is 2.39. The van der Waals surface area contributed by atoms with Gasteiger partial charge < -0.3 is 14.8 Å². The Bertz CT molecular complexity index is 717. The van der Waals surface area contributed by atoms with Crippen molar-refractivity contribution in [3.63, 3.8) is 0 Å². The molecule has 0 fully saturated rings. The lowest BCUT2D eigenvalue weighted by molar-refractivity contribution is -0.142. The molecule has 1 aliphatic rings. The summed E-state index contributed by atoms with van der Waals surface area (Å²) in [5.41, 5.74) is 1.40. The van der Waals surface area contributed by atoms with Crippen molar-refractivity contribution in [1.29, 1.82) is 0 Å². The zero-order valence-electron chi connectivity index (χ0n) is 14.3. The standard InChI is InChI=1S/C18H21NO5S/c1-3-5-6-10-15(21)24-11-14(20)19-17-16(18(22)23-4-2)12-8-7-9-13(12)25-17/h3,5-6,10H,4,7-9,11H2,1-2H3,(H,19,20)/b5-3+,10-6+. The van der Waals surface area contributed by atoms with Gasteiger partial charge in [0.1, 0.15) is 5.00 Å². The fraction of sp³-hybridized carbons (Fsp3) is 0.389. The predicted molar refractivity (Wildman–Crippen MR) is 95.8 cm³/mol. The molecule has 2 rings (SSSR count). The molecule has 6 nitrogen and oxygen atoms in total. The molecule has 7 heteroatoms. The van der Waals surface area contributed by atoms with E-state index in [-0.39, 0.29) is 6.61 Å². The van der Waals surface area contributed by atoms with E-state index in [1.54, 1.807) is 19.1 Å². The monoisotopic (exact) mass is 363 g/mol. The molecule has 1 aromatic rings. The zero-order chi connectivity index (χ0) is 18.2. The van der Waals surface area contributed by atoms with Gasteiger partial charge in [0.2, 0.25) is 0 Å². The van der Waals surface area contributed by atoms with Crippen LogP contribution in [0.4, 0.5) is 5.00 Å². The Balaban J connectivity index is 2.01. The van der Waals surface area contributed by atoms with E-state index in [0.29, 0.717) is 10.6 Å². The zero-order valence-corrected chi connectivity index (χ0v) is 15.1. The number of aryl methyl sites for hydroxylation is 1. The maximum Gasteiger partial charge on any atom is 0.341 e. The summed E-state index contributed by atoms with van der Waals surface area (Å²) in [5.74, 6) is -1.52. The predicted octanol–water partition coefficient (Wildman–Crippen LogP) is 3.03. The van der Waals surface area contributed by atoms with E-state index >= 15 is 0 Å². The number of carbonyl (C=O) groups excluding carboxylic acids is 3. The maximum absolute atomic E-state index is 12.2. The summed E-state index contributed by atoms with van der Waals surface area (Å²) in [6.07, 6.45) is 8.91. The van der Waals surface area contributed by atoms with Crippen molar-refractivity contribution in [1.82, 2.24) is 0 Å². The van der Waals surface area contributed by atoms with Crippen LogP contribution in [0.1, 0.15) is 41.1 Å². The first kappa shape index (κ1) is 18.9. The van der Waals surface area contributed by atoms with E-state index in [0.717, 1.165) is 29.7 Å². The van der Waals surface area contributed by atoms with Crippen molar-refractivity contribution in [2.45, 2.75) is 33.1 Å². The lowest BCUT2D eigenvalue weighted by Gasteiger charge is -2.08. The van der Waals surface area contributed by atoms with Gasteiger partial charge in [0.05, 0.1) is 12.2 Å². The number of hydrogen-bond donors (Lipinski definition) is 1. The topological polar surface area (TPSA) is 81.7 Å². The highest BCUT2D eigenvalue weighted by atomic mass is 32.1. The van der Waals surface area contributed by atoms with Crippen LogP contribution in [0, 0.1) is 0 Å². The third kappa shape index (κ3) is 5.03. The molecule has 0 radical (unpaired) electrons. The van der Waals surface area contributed by atoms with Crippen LogP contribution in [-0.4, -0.2) is 31.1 Å². The second-order valence-electron chi connectivity index (χ2n) is 5.32. The van der Waals surface area contributed by atoms with Gasteiger partial charge in [-0.1, -0.05) is 18.2 Å². The smallest absolute Gasteiger partial charge is 0.341 e. The number of esters is 2. The molecule has 0 bridgehead atoms. The maximum atomic E-state index is 12.2. The van der Waals surface area contributed by atoms with Crippen molar-refractivity contribution in [2.75, 3.05) is 18.5 Å². The molecule has 0 saturated carbocycles. The Kier molecular flexibility index (Phi) is 6.94. The summed E-state index contributed by atoms with van der Waals surface area (Å²) >= 11 is 1.39. The normalized spacial score (nSPS) is 13.2. The Hall–Kier alpha value is -2.41. The summed E-state index contributed by atoms with van der Waals surface area (Å²) in [6, 6.07) is 0. The van der Waals surface area contributed by atoms with Gasteiger partial charge in [-0.3, -0.25) is 4.79 Å². The molecule has 1 aromatic heterocycles. The van der Waals surface area contributed by atoms with Gasteiger partial charge in [-0.05, 0) is 38.7 Å². The second kappa shape index (κ2) is 9.17. The van der Waals surface area contributed by atoms with Crippen LogP contribution in [-0.2, 0) is 31.9 Å². The number of nitrogens with one attached hydrogen (secondary N) is 1.